The van der Waals surface area contributed by atoms with Crippen LogP contribution in [-0.4, -0.2) is 11.7 Å². The number of ether oxygens (including phenoxy) is 1. The monoisotopic (exact) mass is 303 g/mol. The number of rotatable bonds is 4. The van der Waals surface area contributed by atoms with Gasteiger partial charge in [0.1, 0.15) is 0 Å². The molecule has 1 aromatic heterocycles. The fourth-order valence-electron chi connectivity index (χ4n) is 3.43. The maximum absolute atomic E-state index is 6.56. The van der Waals surface area contributed by atoms with E-state index in [0.717, 1.165) is 10.7 Å². The van der Waals surface area contributed by atoms with Gasteiger partial charge >= 0.3 is 0 Å². The Balaban J connectivity index is 2.09. The molecular formula is C18H22ClNO. The molecule has 1 saturated carbocycles. The number of hydrogen-bond donors (Lipinski definition) is 0. The molecule has 112 valence electrons. The fraction of sp³-hybridized carbons (Fsp3) is 0.444. The van der Waals surface area contributed by atoms with Crippen molar-refractivity contribution >= 4 is 11.6 Å². The molecule has 0 amide bonds. The van der Waals surface area contributed by atoms with Crippen molar-refractivity contribution in [3.8, 4) is 11.3 Å². The summed E-state index contributed by atoms with van der Waals surface area (Å²) in [5, 5.41) is 0.832. The van der Waals surface area contributed by atoms with Crippen molar-refractivity contribution in [2.45, 2.75) is 44.8 Å². The Hall–Kier alpha value is -1.25. The SMILES string of the molecule is COCc1cc(Cl)c(-c2ccccc2)n1C1CCCCC1. The van der Waals surface area contributed by atoms with E-state index < -0.39 is 0 Å². The molecule has 1 fully saturated rings. The molecule has 0 spiro atoms. The third kappa shape index (κ3) is 3.02. The second kappa shape index (κ2) is 6.67. The molecule has 2 aromatic rings. The van der Waals surface area contributed by atoms with E-state index in [2.05, 4.69) is 34.9 Å². The minimum atomic E-state index is 0.548. The highest BCUT2D eigenvalue weighted by atomic mass is 35.5. The Morgan fingerprint density at radius 1 is 1.14 bits per heavy atom. The lowest BCUT2D eigenvalue weighted by Gasteiger charge is -2.27. The van der Waals surface area contributed by atoms with E-state index in [-0.39, 0.29) is 0 Å². The Morgan fingerprint density at radius 3 is 2.52 bits per heavy atom. The summed E-state index contributed by atoms with van der Waals surface area (Å²) in [5.41, 5.74) is 3.53. The second-order valence-electron chi connectivity index (χ2n) is 5.79. The molecule has 0 radical (unpaired) electrons. The van der Waals surface area contributed by atoms with Crippen molar-refractivity contribution in [2.24, 2.45) is 0 Å². The van der Waals surface area contributed by atoms with Crippen molar-refractivity contribution in [1.82, 2.24) is 4.57 Å². The maximum Gasteiger partial charge on any atom is 0.0864 e. The van der Waals surface area contributed by atoms with Gasteiger partial charge in [-0.3, -0.25) is 0 Å². The van der Waals surface area contributed by atoms with Crippen LogP contribution >= 0.6 is 11.6 Å². The first kappa shape index (κ1) is 14.7. The minimum Gasteiger partial charge on any atom is -0.378 e. The van der Waals surface area contributed by atoms with Gasteiger partial charge in [0.25, 0.3) is 0 Å². The Morgan fingerprint density at radius 2 is 1.86 bits per heavy atom. The molecule has 0 bridgehead atoms. The van der Waals surface area contributed by atoms with Gasteiger partial charge in [-0.05, 0) is 24.5 Å². The van der Waals surface area contributed by atoms with E-state index in [9.17, 15) is 0 Å². The van der Waals surface area contributed by atoms with E-state index in [1.54, 1.807) is 7.11 Å². The highest BCUT2D eigenvalue weighted by molar-refractivity contribution is 6.33. The van der Waals surface area contributed by atoms with Crippen LogP contribution in [0.1, 0.15) is 43.8 Å². The Bertz CT molecular complexity index is 585. The topological polar surface area (TPSA) is 14.2 Å². The van der Waals surface area contributed by atoms with Crippen LogP contribution < -0.4 is 0 Å². The highest BCUT2D eigenvalue weighted by Gasteiger charge is 2.23. The van der Waals surface area contributed by atoms with Crippen molar-refractivity contribution in [2.75, 3.05) is 7.11 Å². The average molecular weight is 304 g/mol. The summed E-state index contributed by atoms with van der Waals surface area (Å²) in [6.45, 7) is 0.614. The summed E-state index contributed by atoms with van der Waals surface area (Å²) in [4.78, 5) is 0. The van der Waals surface area contributed by atoms with Gasteiger partial charge in [-0.1, -0.05) is 61.2 Å². The molecule has 3 rings (SSSR count). The van der Waals surface area contributed by atoms with Crippen LogP contribution in [0.3, 0.4) is 0 Å². The lowest BCUT2D eigenvalue weighted by Crippen LogP contribution is -2.16. The molecule has 1 heterocycles. The quantitative estimate of drug-likeness (QED) is 0.731. The summed E-state index contributed by atoms with van der Waals surface area (Å²) in [5.74, 6) is 0. The number of halogens is 1. The molecular weight excluding hydrogens is 282 g/mol. The standard InChI is InChI=1S/C18H22ClNO/c1-21-13-16-12-17(19)18(14-8-4-2-5-9-14)20(16)15-10-6-3-7-11-15/h2,4-5,8-9,12,15H,3,6-7,10-11,13H2,1H3. The highest BCUT2D eigenvalue weighted by Crippen LogP contribution is 2.39. The van der Waals surface area contributed by atoms with Gasteiger partial charge in [0.15, 0.2) is 0 Å². The van der Waals surface area contributed by atoms with Crippen molar-refractivity contribution in [3.63, 3.8) is 0 Å². The predicted molar refractivity (Wildman–Crippen MR) is 87.7 cm³/mol. The second-order valence-corrected chi connectivity index (χ2v) is 6.20. The smallest absolute Gasteiger partial charge is 0.0864 e. The van der Waals surface area contributed by atoms with Gasteiger partial charge in [-0.25, -0.2) is 0 Å². The van der Waals surface area contributed by atoms with Gasteiger partial charge in [-0.2, -0.15) is 0 Å². The summed E-state index contributed by atoms with van der Waals surface area (Å²) in [7, 11) is 1.74. The van der Waals surface area contributed by atoms with Crippen LogP contribution in [0.5, 0.6) is 0 Å². The number of aromatic nitrogens is 1. The largest absolute Gasteiger partial charge is 0.378 e. The van der Waals surface area contributed by atoms with E-state index in [4.69, 9.17) is 16.3 Å². The van der Waals surface area contributed by atoms with E-state index in [1.807, 2.05) is 6.07 Å². The molecule has 3 heteroatoms. The van der Waals surface area contributed by atoms with Crippen LogP contribution in [0.4, 0.5) is 0 Å². The average Bonchev–Trinajstić information content (AvgIpc) is 2.86. The summed E-state index contributed by atoms with van der Waals surface area (Å²) in [6.07, 6.45) is 6.44. The summed E-state index contributed by atoms with van der Waals surface area (Å²) >= 11 is 6.56. The zero-order chi connectivity index (χ0) is 14.7. The third-order valence-corrected chi connectivity index (χ3v) is 4.64. The molecule has 0 atom stereocenters. The normalized spacial score (nSPS) is 16.3. The van der Waals surface area contributed by atoms with Gasteiger partial charge in [0.2, 0.25) is 0 Å². The summed E-state index contributed by atoms with van der Waals surface area (Å²) < 4.78 is 7.81. The van der Waals surface area contributed by atoms with Gasteiger partial charge in [-0.15, -0.1) is 0 Å². The van der Waals surface area contributed by atoms with Gasteiger partial charge in [0, 0.05) is 18.8 Å². The van der Waals surface area contributed by atoms with Crippen LogP contribution in [0, 0.1) is 0 Å². The fourth-order valence-corrected chi connectivity index (χ4v) is 3.76. The Kier molecular flexibility index (Phi) is 4.67. The van der Waals surface area contributed by atoms with Gasteiger partial charge < -0.3 is 9.30 Å². The van der Waals surface area contributed by atoms with Gasteiger partial charge in [0.05, 0.1) is 17.3 Å². The van der Waals surface area contributed by atoms with Crippen molar-refractivity contribution in [1.29, 1.82) is 0 Å². The van der Waals surface area contributed by atoms with Crippen molar-refractivity contribution < 1.29 is 4.74 Å². The predicted octanol–water partition coefficient (Wildman–Crippen LogP) is 5.46. The first-order valence-electron chi connectivity index (χ1n) is 7.75. The lowest BCUT2D eigenvalue weighted by molar-refractivity contribution is 0.174. The molecule has 1 aromatic carbocycles. The number of nitrogens with zero attached hydrogens (tertiary/aromatic N) is 1. The van der Waals surface area contributed by atoms with E-state index in [0.29, 0.717) is 12.6 Å². The number of benzene rings is 1. The third-order valence-electron chi connectivity index (χ3n) is 4.35. The summed E-state index contributed by atoms with van der Waals surface area (Å²) in [6, 6.07) is 13.1. The van der Waals surface area contributed by atoms with Crippen LogP contribution in [0.2, 0.25) is 5.02 Å². The van der Waals surface area contributed by atoms with Crippen LogP contribution in [0.25, 0.3) is 11.3 Å². The molecule has 0 unspecified atom stereocenters. The van der Waals surface area contributed by atoms with E-state index >= 15 is 0 Å². The lowest BCUT2D eigenvalue weighted by atomic mass is 9.94. The minimum absolute atomic E-state index is 0.548. The maximum atomic E-state index is 6.56. The first-order valence-corrected chi connectivity index (χ1v) is 8.13. The molecule has 1 aliphatic carbocycles. The first-order chi connectivity index (χ1) is 10.3. The number of hydrogen-bond acceptors (Lipinski definition) is 1. The number of methoxy groups -OCH3 is 1. The molecule has 2 nitrogen and oxygen atoms in total. The molecule has 21 heavy (non-hydrogen) atoms. The van der Waals surface area contributed by atoms with Crippen LogP contribution in [-0.2, 0) is 11.3 Å². The molecule has 0 N–H and O–H groups in total. The van der Waals surface area contributed by atoms with Crippen LogP contribution in [0.15, 0.2) is 36.4 Å². The zero-order valence-corrected chi connectivity index (χ0v) is 13.3. The zero-order valence-electron chi connectivity index (χ0n) is 12.5. The Labute approximate surface area is 131 Å². The molecule has 0 aliphatic heterocycles. The molecule has 0 saturated heterocycles. The van der Waals surface area contributed by atoms with Crippen molar-refractivity contribution in [3.05, 3.63) is 47.1 Å². The molecule has 1 aliphatic rings. The van der Waals surface area contributed by atoms with E-state index in [1.165, 1.54) is 43.4 Å².